The van der Waals surface area contributed by atoms with Gasteiger partial charge in [-0.2, -0.15) is 0 Å². The number of carbonyl (C=O) groups excluding carboxylic acids is 2. The van der Waals surface area contributed by atoms with Crippen LogP contribution in [0, 0.1) is 0 Å². The number of hydrogen-bond acceptors (Lipinski definition) is 6. The molecule has 1 atom stereocenters. The van der Waals surface area contributed by atoms with E-state index in [0.29, 0.717) is 10.7 Å². The lowest BCUT2D eigenvalue weighted by molar-refractivity contribution is -0.123. The summed E-state index contributed by atoms with van der Waals surface area (Å²) in [5.41, 5.74) is 3.55. The minimum absolute atomic E-state index is 0.342. The van der Waals surface area contributed by atoms with Crippen LogP contribution in [0.1, 0.15) is 17.3 Å². The molecule has 0 fully saturated rings. The number of nitrogens with zero attached hydrogens (tertiary/aromatic N) is 2. The molecule has 0 aliphatic rings. The Hall–Kier alpha value is -4.04. The third-order valence-corrected chi connectivity index (χ3v) is 5.85. The number of amides is 1. The summed E-state index contributed by atoms with van der Waals surface area (Å²) >= 11 is 1.32. The standard InChI is InChI=1S/C24H18N4O3S/c1-14(31-23(30)18-8-9-19-20(11-18)26-13-25-19)22(29)28-24-27-21(12-32-24)17-7-6-15-4-2-3-5-16(15)10-17/h2-14H,1H3,(H,25,26)(H,27,28,29). The molecule has 3 aromatic carbocycles. The van der Waals surface area contributed by atoms with Crippen molar-refractivity contribution in [2.75, 3.05) is 5.32 Å². The molecule has 32 heavy (non-hydrogen) atoms. The number of carbonyl (C=O) groups is 2. The van der Waals surface area contributed by atoms with Gasteiger partial charge in [-0.25, -0.2) is 14.8 Å². The van der Waals surface area contributed by atoms with Gasteiger partial charge in [-0.1, -0.05) is 36.4 Å². The summed E-state index contributed by atoms with van der Waals surface area (Å²) in [7, 11) is 0. The Kier molecular flexibility index (Phi) is 5.12. The van der Waals surface area contributed by atoms with Gasteiger partial charge in [0, 0.05) is 10.9 Å². The lowest BCUT2D eigenvalue weighted by Crippen LogP contribution is -2.29. The molecule has 8 heteroatoms. The molecule has 1 unspecified atom stereocenters. The summed E-state index contributed by atoms with van der Waals surface area (Å²) in [5.74, 6) is -1.03. The van der Waals surface area contributed by atoms with Crippen molar-refractivity contribution in [3.05, 3.63) is 77.9 Å². The maximum Gasteiger partial charge on any atom is 0.338 e. The Bertz CT molecular complexity index is 1460. The quantitative estimate of drug-likeness (QED) is 0.372. The number of fused-ring (bicyclic) bond motifs is 2. The molecule has 2 heterocycles. The lowest BCUT2D eigenvalue weighted by Gasteiger charge is -2.12. The van der Waals surface area contributed by atoms with E-state index in [4.69, 9.17) is 4.74 Å². The average Bonchev–Trinajstić information content (AvgIpc) is 3.47. The molecule has 0 aliphatic carbocycles. The van der Waals surface area contributed by atoms with Crippen LogP contribution in [-0.2, 0) is 9.53 Å². The highest BCUT2D eigenvalue weighted by atomic mass is 32.1. The van der Waals surface area contributed by atoms with E-state index in [9.17, 15) is 9.59 Å². The number of hydrogen-bond donors (Lipinski definition) is 2. The average molecular weight is 443 g/mol. The van der Waals surface area contributed by atoms with E-state index >= 15 is 0 Å². The van der Waals surface area contributed by atoms with Gasteiger partial charge >= 0.3 is 5.97 Å². The first-order valence-electron chi connectivity index (χ1n) is 9.96. The molecule has 5 aromatic rings. The van der Waals surface area contributed by atoms with E-state index < -0.39 is 18.0 Å². The molecule has 0 saturated carbocycles. The molecule has 1 amide bonds. The fraction of sp³-hybridized carbons (Fsp3) is 0.0833. The first kappa shape index (κ1) is 19.9. The summed E-state index contributed by atoms with van der Waals surface area (Å²) in [6.45, 7) is 1.53. The van der Waals surface area contributed by atoms with Crippen LogP contribution in [0.4, 0.5) is 5.13 Å². The van der Waals surface area contributed by atoms with Gasteiger partial charge in [0.1, 0.15) is 0 Å². The lowest BCUT2D eigenvalue weighted by atomic mass is 10.1. The van der Waals surface area contributed by atoms with E-state index in [2.05, 4.69) is 32.4 Å². The van der Waals surface area contributed by atoms with Crippen LogP contribution in [0.5, 0.6) is 0 Å². The number of H-pyrrole nitrogens is 1. The smallest absolute Gasteiger partial charge is 0.338 e. The second kappa shape index (κ2) is 8.24. The molecule has 0 aliphatic heterocycles. The van der Waals surface area contributed by atoms with Crippen molar-refractivity contribution >= 4 is 50.2 Å². The second-order valence-electron chi connectivity index (χ2n) is 7.27. The molecule has 0 saturated heterocycles. The molecular weight excluding hydrogens is 424 g/mol. The van der Waals surface area contributed by atoms with Gasteiger partial charge in [-0.05, 0) is 42.0 Å². The number of thiazole rings is 1. The molecule has 0 bridgehead atoms. The summed E-state index contributed by atoms with van der Waals surface area (Å²) in [4.78, 5) is 36.5. The highest BCUT2D eigenvalue weighted by Crippen LogP contribution is 2.28. The number of rotatable bonds is 5. The van der Waals surface area contributed by atoms with Crippen molar-refractivity contribution in [3.63, 3.8) is 0 Å². The van der Waals surface area contributed by atoms with Crippen LogP contribution in [-0.4, -0.2) is 32.9 Å². The highest BCUT2D eigenvalue weighted by Gasteiger charge is 2.20. The molecular formula is C24H18N4O3S. The van der Waals surface area contributed by atoms with Crippen LogP contribution in [0.15, 0.2) is 72.4 Å². The van der Waals surface area contributed by atoms with Crippen LogP contribution in [0.3, 0.4) is 0 Å². The van der Waals surface area contributed by atoms with Crippen molar-refractivity contribution in [1.29, 1.82) is 0 Å². The molecule has 2 aromatic heterocycles. The minimum Gasteiger partial charge on any atom is -0.449 e. The Morgan fingerprint density at radius 2 is 1.91 bits per heavy atom. The summed E-state index contributed by atoms with van der Waals surface area (Å²) in [5, 5.41) is 7.33. The fourth-order valence-corrected chi connectivity index (χ4v) is 4.09. The number of anilines is 1. The van der Waals surface area contributed by atoms with E-state index in [1.807, 2.05) is 35.7 Å². The predicted octanol–water partition coefficient (Wildman–Crippen LogP) is 5.02. The zero-order valence-electron chi connectivity index (χ0n) is 17.0. The van der Waals surface area contributed by atoms with Gasteiger partial charge in [0.2, 0.25) is 0 Å². The van der Waals surface area contributed by atoms with Gasteiger partial charge in [0.15, 0.2) is 11.2 Å². The number of ether oxygens (including phenoxy) is 1. The SMILES string of the molecule is CC(OC(=O)c1ccc2nc[nH]c2c1)C(=O)Nc1nc(-c2ccc3ccccc3c2)cs1. The second-order valence-corrected chi connectivity index (χ2v) is 8.13. The van der Waals surface area contributed by atoms with E-state index in [1.54, 1.807) is 24.5 Å². The number of imidazole rings is 1. The maximum absolute atomic E-state index is 12.5. The normalized spacial score (nSPS) is 12.0. The molecule has 2 N–H and O–H groups in total. The molecule has 0 radical (unpaired) electrons. The molecule has 0 spiro atoms. The Morgan fingerprint density at radius 3 is 2.78 bits per heavy atom. The van der Waals surface area contributed by atoms with Gasteiger partial charge in [-0.15, -0.1) is 11.3 Å². The van der Waals surface area contributed by atoms with Crippen LogP contribution in [0.25, 0.3) is 33.1 Å². The number of benzene rings is 3. The number of nitrogens with one attached hydrogen (secondary N) is 2. The van der Waals surface area contributed by atoms with E-state index in [0.717, 1.165) is 33.1 Å². The van der Waals surface area contributed by atoms with Crippen molar-refractivity contribution in [2.24, 2.45) is 0 Å². The third-order valence-electron chi connectivity index (χ3n) is 5.09. The Labute approximate surface area is 187 Å². The van der Waals surface area contributed by atoms with E-state index in [1.165, 1.54) is 18.3 Å². The summed E-state index contributed by atoms with van der Waals surface area (Å²) < 4.78 is 5.33. The highest BCUT2D eigenvalue weighted by molar-refractivity contribution is 7.14. The summed E-state index contributed by atoms with van der Waals surface area (Å²) in [6, 6.07) is 19.2. The van der Waals surface area contributed by atoms with Crippen molar-refractivity contribution < 1.29 is 14.3 Å². The van der Waals surface area contributed by atoms with Crippen LogP contribution >= 0.6 is 11.3 Å². The van der Waals surface area contributed by atoms with Gasteiger partial charge in [-0.3, -0.25) is 10.1 Å². The fourth-order valence-electron chi connectivity index (χ4n) is 3.36. The van der Waals surface area contributed by atoms with Crippen LogP contribution in [0.2, 0.25) is 0 Å². The first-order chi connectivity index (χ1) is 15.6. The van der Waals surface area contributed by atoms with Gasteiger partial charge < -0.3 is 9.72 Å². The monoisotopic (exact) mass is 442 g/mol. The number of aromatic amines is 1. The van der Waals surface area contributed by atoms with Gasteiger partial charge in [0.25, 0.3) is 5.91 Å². The number of aromatic nitrogens is 3. The largest absolute Gasteiger partial charge is 0.449 e. The number of esters is 1. The predicted molar refractivity (Wildman–Crippen MR) is 125 cm³/mol. The van der Waals surface area contributed by atoms with Gasteiger partial charge in [0.05, 0.1) is 28.6 Å². The van der Waals surface area contributed by atoms with Crippen molar-refractivity contribution in [3.8, 4) is 11.3 Å². The van der Waals surface area contributed by atoms with Crippen molar-refractivity contribution in [2.45, 2.75) is 13.0 Å². The van der Waals surface area contributed by atoms with Crippen molar-refractivity contribution in [1.82, 2.24) is 15.0 Å². The Morgan fingerprint density at radius 1 is 1.06 bits per heavy atom. The summed E-state index contributed by atoms with van der Waals surface area (Å²) in [6.07, 6.45) is 0.573. The molecule has 158 valence electrons. The maximum atomic E-state index is 12.5. The third kappa shape index (κ3) is 3.95. The minimum atomic E-state index is -0.979. The zero-order valence-corrected chi connectivity index (χ0v) is 17.8. The molecule has 7 nitrogen and oxygen atoms in total. The zero-order chi connectivity index (χ0) is 22.1. The van der Waals surface area contributed by atoms with Crippen LogP contribution < -0.4 is 5.32 Å². The molecule has 5 rings (SSSR count). The topological polar surface area (TPSA) is 97.0 Å². The van der Waals surface area contributed by atoms with E-state index in [-0.39, 0.29) is 0 Å². The Balaban J connectivity index is 1.25. The first-order valence-corrected chi connectivity index (χ1v) is 10.8.